The van der Waals surface area contributed by atoms with Gasteiger partial charge in [0.1, 0.15) is 0 Å². The number of benzene rings is 1. The van der Waals surface area contributed by atoms with Gasteiger partial charge in [-0.25, -0.2) is 0 Å². The van der Waals surface area contributed by atoms with Gasteiger partial charge in [0, 0.05) is 0 Å². The minimum absolute atomic E-state index is 0.0244. The molecule has 0 bridgehead atoms. The topological polar surface area (TPSA) is 18.5 Å². The zero-order chi connectivity index (χ0) is 22.1. The molecule has 0 atom stereocenters. The van der Waals surface area contributed by atoms with Crippen molar-refractivity contribution in [3.05, 3.63) is 48.3 Å². The fraction of sp³-hybridized carbons (Fsp3) is 0.630. The van der Waals surface area contributed by atoms with Gasteiger partial charge in [0.25, 0.3) is 0 Å². The summed E-state index contributed by atoms with van der Waals surface area (Å²) in [5.41, 5.74) is 0. The van der Waals surface area contributed by atoms with E-state index in [9.17, 15) is 8.78 Å². The number of allylic oxidation sites excluding steroid dienone is 3. The minimum Gasteiger partial charge on any atom is -0.490 e. The molecular formula is C27H38F2O2. The van der Waals surface area contributed by atoms with Crippen LogP contribution in [0.5, 0.6) is 11.5 Å². The molecule has 172 valence electrons. The van der Waals surface area contributed by atoms with E-state index in [1.54, 1.807) is 13.0 Å². The van der Waals surface area contributed by atoms with Crippen LogP contribution in [0.1, 0.15) is 78.1 Å². The Balaban J connectivity index is 1.39. The molecule has 31 heavy (non-hydrogen) atoms. The first kappa shape index (κ1) is 23.8. The first-order valence-electron chi connectivity index (χ1n) is 12.1. The number of hydrogen-bond donors (Lipinski definition) is 0. The van der Waals surface area contributed by atoms with E-state index in [0.29, 0.717) is 12.5 Å². The van der Waals surface area contributed by atoms with Crippen LogP contribution in [0.3, 0.4) is 0 Å². The summed E-state index contributed by atoms with van der Waals surface area (Å²) in [5.74, 6) is 0.948. The molecule has 2 fully saturated rings. The largest absolute Gasteiger partial charge is 0.490 e. The monoisotopic (exact) mass is 432 g/mol. The van der Waals surface area contributed by atoms with Gasteiger partial charge in [0.15, 0.2) is 11.5 Å². The average molecular weight is 433 g/mol. The molecule has 2 aliphatic rings. The predicted octanol–water partition coefficient (Wildman–Crippen LogP) is 8.23. The maximum atomic E-state index is 14.3. The highest BCUT2D eigenvalue weighted by molar-refractivity contribution is 5.35. The van der Waals surface area contributed by atoms with Gasteiger partial charge in [-0.3, -0.25) is 0 Å². The maximum absolute atomic E-state index is 14.3. The van der Waals surface area contributed by atoms with Crippen molar-refractivity contribution >= 4 is 0 Å². The minimum atomic E-state index is -0.999. The van der Waals surface area contributed by atoms with E-state index in [2.05, 4.69) is 19.1 Å². The Morgan fingerprint density at radius 2 is 1.39 bits per heavy atom. The summed E-state index contributed by atoms with van der Waals surface area (Å²) in [4.78, 5) is 0. The van der Waals surface area contributed by atoms with Gasteiger partial charge in [-0.05, 0) is 101 Å². The third-order valence-electron chi connectivity index (χ3n) is 7.24. The van der Waals surface area contributed by atoms with Gasteiger partial charge in [-0.2, -0.15) is 8.78 Å². The zero-order valence-electron chi connectivity index (χ0n) is 19.1. The number of hydrogen-bond acceptors (Lipinski definition) is 2. The average Bonchev–Trinajstić information content (AvgIpc) is 2.80. The lowest BCUT2D eigenvalue weighted by Gasteiger charge is -2.37. The van der Waals surface area contributed by atoms with Crippen molar-refractivity contribution in [3.8, 4) is 11.5 Å². The smallest absolute Gasteiger partial charge is 0.205 e. The summed E-state index contributed by atoms with van der Waals surface area (Å²) in [6, 6.07) is 2.87. The molecule has 0 aromatic heterocycles. The first-order chi connectivity index (χ1) is 15.1. The summed E-state index contributed by atoms with van der Waals surface area (Å²) < 4.78 is 39.1. The molecule has 0 saturated heterocycles. The van der Waals surface area contributed by atoms with Gasteiger partial charge < -0.3 is 9.47 Å². The molecule has 1 aromatic rings. The summed E-state index contributed by atoms with van der Waals surface area (Å²) in [6.45, 7) is 4.30. The molecular weight excluding hydrogens is 394 g/mol. The second-order valence-electron chi connectivity index (χ2n) is 9.30. The Labute approximate surface area is 186 Å². The molecule has 4 heteroatoms. The highest BCUT2D eigenvalue weighted by atomic mass is 19.2. The van der Waals surface area contributed by atoms with E-state index in [-0.39, 0.29) is 11.5 Å². The van der Waals surface area contributed by atoms with Crippen molar-refractivity contribution in [2.24, 2.45) is 23.7 Å². The van der Waals surface area contributed by atoms with E-state index in [0.717, 1.165) is 30.6 Å². The fourth-order valence-electron chi connectivity index (χ4n) is 5.34. The Kier molecular flexibility index (Phi) is 9.42. The van der Waals surface area contributed by atoms with Gasteiger partial charge in [-0.1, -0.05) is 31.1 Å². The third-order valence-corrected chi connectivity index (χ3v) is 7.24. The fourth-order valence-corrected chi connectivity index (χ4v) is 5.34. The summed E-state index contributed by atoms with van der Waals surface area (Å²) in [5, 5.41) is 0. The van der Waals surface area contributed by atoms with Gasteiger partial charge in [0.05, 0.1) is 12.9 Å². The van der Waals surface area contributed by atoms with Crippen LogP contribution in [0, 0.1) is 35.3 Å². The van der Waals surface area contributed by atoms with Crippen LogP contribution in [0.2, 0.25) is 0 Å². The Morgan fingerprint density at radius 3 is 2.00 bits per heavy atom. The quantitative estimate of drug-likeness (QED) is 0.289. The van der Waals surface area contributed by atoms with Crippen molar-refractivity contribution in [2.75, 3.05) is 6.61 Å². The molecule has 0 amide bonds. The maximum Gasteiger partial charge on any atom is 0.205 e. The second kappa shape index (κ2) is 12.3. The molecule has 2 aliphatic carbocycles. The molecule has 1 aromatic carbocycles. The molecule has 0 spiro atoms. The normalized spacial score (nSPS) is 27.1. The van der Waals surface area contributed by atoms with Crippen LogP contribution >= 0.6 is 0 Å². The van der Waals surface area contributed by atoms with Crippen molar-refractivity contribution in [3.63, 3.8) is 0 Å². The summed E-state index contributed by atoms with van der Waals surface area (Å²) in [6.07, 6.45) is 20.3. The molecule has 3 rings (SSSR count). The number of halogens is 2. The third kappa shape index (κ3) is 6.82. The number of rotatable bonds is 9. The molecule has 0 heterocycles. The molecule has 2 saturated carbocycles. The van der Waals surface area contributed by atoms with Crippen LogP contribution in [0.25, 0.3) is 0 Å². The lowest BCUT2D eigenvalue weighted by atomic mass is 9.69. The van der Waals surface area contributed by atoms with Crippen molar-refractivity contribution in [2.45, 2.75) is 78.1 Å². The van der Waals surface area contributed by atoms with Crippen LogP contribution in [0.4, 0.5) is 8.78 Å². The van der Waals surface area contributed by atoms with E-state index in [1.165, 1.54) is 69.8 Å². The van der Waals surface area contributed by atoms with Crippen molar-refractivity contribution < 1.29 is 18.3 Å². The standard InChI is InChI=1S/C27H38F2O2/c1-3-5-6-7-20-8-12-22(13-9-20)23-14-10-21(11-15-23)19-31-25-17-16-24(30-18-4-2)26(28)27(25)29/h3-5,16-18,20-23H,6-15,19H2,1-2H3/b5-3+,18-4+. The molecule has 0 radical (unpaired) electrons. The first-order valence-corrected chi connectivity index (χ1v) is 12.1. The Morgan fingerprint density at radius 1 is 0.806 bits per heavy atom. The molecule has 0 N–H and O–H groups in total. The lowest BCUT2D eigenvalue weighted by molar-refractivity contribution is 0.120. The molecule has 0 unspecified atom stereocenters. The second-order valence-corrected chi connectivity index (χ2v) is 9.30. The Hall–Kier alpha value is -1.84. The van der Waals surface area contributed by atoms with Crippen LogP contribution in [-0.4, -0.2) is 6.61 Å². The van der Waals surface area contributed by atoms with Crippen LogP contribution in [-0.2, 0) is 0 Å². The SMILES string of the molecule is C/C=C/CCC1CCC(C2CCC(COc3ccc(O/C=C/C)c(F)c3F)CC2)CC1. The Bertz CT molecular complexity index is 727. The molecule has 0 aliphatic heterocycles. The van der Waals surface area contributed by atoms with E-state index < -0.39 is 11.6 Å². The lowest BCUT2D eigenvalue weighted by Crippen LogP contribution is -2.27. The predicted molar refractivity (Wildman–Crippen MR) is 122 cm³/mol. The van der Waals surface area contributed by atoms with Crippen LogP contribution < -0.4 is 9.47 Å². The van der Waals surface area contributed by atoms with Crippen molar-refractivity contribution in [1.29, 1.82) is 0 Å². The highest BCUT2D eigenvalue weighted by Gasteiger charge is 2.31. The van der Waals surface area contributed by atoms with E-state index in [4.69, 9.17) is 9.47 Å². The summed E-state index contributed by atoms with van der Waals surface area (Å²) in [7, 11) is 0. The van der Waals surface area contributed by atoms with Gasteiger partial charge in [-0.15, -0.1) is 0 Å². The summed E-state index contributed by atoms with van der Waals surface area (Å²) >= 11 is 0. The molecule has 2 nitrogen and oxygen atoms in total. The van der Waals surface area contributed by atoms with Crippen molar-refractivity contribution in [1.82, 2.24) is 0 Å². The highest BCUT2D eigenvalue weighted by Crippen LogP contribution is 2.42. The zero-order valence-corrected chi connectivity index (χ0v) is 19.1. The van der Waals surface area contributed by atoms with E-state index >= 15 is 0 Å². The van der Waals surface area contributed by atoms with Crippen LogP contribution in [0.15, 0.2) is 36.6 Å². The van der Waals surface area contributed by atoms with E-state index in [1.807, 2.05) is 0 Å². The number of ether oxygens (including phenoxy) is 2. The van der Waals surface area contributed by atoms with Gasteiger partial charge in [0.2, 0.25) is 11.6 Å². The van der Waals surface area contributed by atoms with Gasteiger partial charge >= 0.3 is 0 Å².